The van der Waals surface area contributed by atoms with Gasteiger partial charge in [-0.1, -0.05) is 12.8 Å². The van der Waals surface area contributed by atoms with Gasteiger partial charge in [0, 0.05) is 23.0 Å². The van der Waals surface area contributed by atoms with Crippen LogP contribution in [0.25, 0.3) is 0 Å². The number of aromatic nitrogens is 1. The summed E-state index contributed by atoms with van der Waals surface area (Å²) in [6.45, 7) is 5.38. The van der Waals surface area contributed by atoms with Crippen molar-refractivity contribution in [2.75, 3.05) is 5.43 Å². The average Bonchev–Trinajstić information content (AvgIpc) is 3.33. The molecule has 1 heterocycles. The first-order chi connectivity index (χ1) is 14.3. The molecule has 160 valence electrons. The minimum atomic E-state index is -0.857. The summed E-state index contributed by atoms with van der Waals surface area (Å²) in [4.78, 5) is 36.5. The van der Waals surface area contributed by atoms with Gasteiger partial charge in [0.25, 0.3) is 11.8 Å². The molecule has 8 heteroatoms. The number of amides is 4. The van der Waals surface area contributed by atoms with Gasteiger partial charge in [0.2, 0.25) is 0 Å². The number of carbonyl (C=O) groups is 3. The van der Waals surface area contributed by atoms with Crippen molar-refractivity contribution in [1.82, 2.24) is 15.3 Å². The van der Waals surface area contributed by atoms with E-state index in [0.717, 1.165) is 37.1 Å². The third kappa shape index (κ3) is 5.40. The highest BCUT2D eigenvalue weighted by atomic mass is 16.5. The zero-order chi connectivity index (χ0) is 21.7. The summed E-state index contributed by atoms with van der Waals surface area (Å²) >= 11 is 0. The third-order valence-electron chi connectivity index (χ3n) is 5.21. The molecule has 3 rings (SSSR count). The van der Waals surface area contributed by atoms with Crippen molar-refractivity contribution >= 4 is 17.8 Å². The van der Waals surface area contributed by atoms with Crippen LogP contribution in [0.5, 0.6) is 5.75 Å². The molecular weight excluding hydrogens is 384 g/mol. The fourth-order valence-electron chi connectivity index (χ4n) is 3.46. The monoisotopic (exact) mass is 412 g/mol. The van der Waals surface area contributed by atoms with Gasteiger partial charge in [-0.2, -0.15) is 0 Å². The number of hydrogen-bond acceptors (Lipinski definition) is 4. The van der Waals surface area contributed by atoms with E-state index in [9.17, 15) is 14.4 Å². The number of hydrogen-bond donors (Lipinski definition) is 3. The molecule has 0 unspecified atom stereocenters. The van der Waals surface area contributed by atoms with Crippen LogP contribution < -0.4 is 20.8 Å². The van der Waals surface area contributed by atoms with E-state index in [1.165, 1.54) is 0 Å². The lowest BCUT2D eigenvalue weighted by molar-refractivity contribution is -0.126. The number of benzene rings is 1. The Hall–Kier alpha value is -3.29. The van der Waals surface area contributed by atoms with Crippen molar-refractivity contribution < 1.29 is 19.1 Å². The van der Waals surface area contributed by atoms with Crippen molar-refractivity contribution in [1.29, 1.82) is 0 Å². The lowest BCUT2D eigenvalue weighted by Gasteiger charge is -2.16. The minimum Gasteiger partial charge on any atom is -0.481 e. The summed E-state index contributed by atoms with van der Waals surface area (Å²) < 4.78 is 7.31. The third-order valence-corrected chi connectivity index (χ3v) is 5.21. The first-order valence-corrected chi connectivity index (χ1v) is 10.2. The van der Waals surface area contributed by atoms with Crippen LogP contribution in [0.3, 0.4) is 0 Å². The molecule has 4 amide bonds. The number of imide groups is 1. The number of ether oxygens (including phenoxy) is 1. The fourth-order valence-corrected chi connectivity index (χ4v) is 3.46. The van der Waals surface area contributed by atoms with Crippen LogP contribution in [-0.4, -0.2) is 34.7 Å². The fraction of sp³-hybridized carbons (Fsp3) is 0.409. The highest BCUT2D eigenvalue weighted by Gasteiger charge is 2.21. The largest absolute Gasteiger partial charge is 0.481 e. The summed E-state index contributed by atoms with van der Waals surface area (Å²) in [6.07, 6.45) is 3.21. The van der Waals surface area contributed by atoms with Gasteiger partial charge in [0.15, 0.2) is 6.10 Å². The first kappa shape index (κ1) is 21.4. The van der Waals surface area contributed by atoms with Crippen LogP contribution in [-0.2, 0) is 4.79 Å². The second-order valence-corrected chi connectivity index (χ2v) is 7.62. The Kier molecular flexibility index (Phi) is 6.76. The van der Waals surface area contributed by atoms with Gasteiger partial charge in [-0.05, 0) is 70.0 Å². The second-order valence-electron chi connectivity index (χ2n) is 7.62. The molecule has 0 saturated heterocycles. The minimum absolute atomic E-state index is 0.131. The van der Waals surface area contributed by atoms with Crippen molar-refractivity contribution in [2.24, 2.45) is 0 Å². The highest BCUT2D eigenvalue weighted by molar-refractivity contribution is 6.00. The zero-order valence-corrected chi connectivity index (χ0v) is 17.5. The molecule has 1 fully saturated rings. The Morgan fingerprint density at radius 3 is 2.20 bits per heavy atom. The average molecular weight is 412 g/mol. The van der Waals surface area contributed by atoms with Crippen molar-refractivity contribution in [3.63, 3.8) is 0 Å². The SMILES string of the molecule is Cc1ccc(C)n1NC(=O)c1ccc(O[C@@H](C)C(=O)NC(=O)NC2CCCC2)cc1. The van der Waals surface area contributed by atoms with Crippen molar-refractivity contribution in [3.05, 3.63) is 53.3 Å². The maximum atomic E-state index is 12.4. The van der Waals surface area contributed by atoms with Gasteiger partial charge in [0.05, 0.1) is 0 Å². The summed E-state index contributed by atoms with van der Waals surface area (Å²) in [6, 6.07) is 9.96. The number of nitrogens with one attached hydrogen (secondary N) is 3. The van der Waals surface area contributed by atoms with Crippen LogP contribution in [0.15, 0.2) is 36.4 Å². The number of rotatable bonds is 6. The van der Waals surface area contributed by atoms with E-state index in [1.807, 2.05) is 26.0 Å². The Balaban J connectivity index is 1.51. The van der Waals surface area contributed by atoms with E-state index in [0.29, 0.717) is 11.3 Å². The molecule has 3 N–H and O–H groups in total. The second kappa shape index (κ2) is 9.47. The molecule has 1 aliphatic carbocycles. The topological polar surface area (TPSA) is 101 Å². The van der Waals surface area contributed by atoms with Gasteiger partial charge >= 0.3 is 6.03 Å². The van der Waals surface area contributed by atoms with Gasteiger partial charge in [-0.25, -0.2) is 4.79 Å². The highest BCUT2D eigenvalue weighted by Crippen LogP contribution is 2.17. The van der Waals surface area contributed by atoms with Crippen LogP contribution in [0.2, 0.25) is 0 Å². The molecule has 0 aliphatic heterocycles. The predicted octanol–water partition coefficient (Wildman–Crippen LogP) is 3.02. The number of nitrogens with zero attached hydrogens (tertiary/aromatic N) is 1. The lowest BCUT2D eigenvalue weighted by atomic mass is 10.2. The quantitative estimate of drug-likeness (QED) is 0.679. The van der Waals surface area contributed by atoms with Crippen molar-refractivity contribution in [2.45, 2.75) is 58.6 Å². The Bertz CT molecular complexity index is 894. The van der Waals surface area contributed by atoms with Crippen molar-refractivity contribution in [3.8, 4) is 5.75 Å². The van der Waals surface area contributed by atoms with Crippen LogP contribution in [0.1, 0.15) is 54.4 Å². The molecule has 30 heavy (non-hydrogen) atoms. The van der Waals surface area contributed by atoms with Crippen LogP contribution in [0, 0.1) is 13.8 Å². The predicted molar refractivity (Wildman–Crippen MR) is 113 cm³/mol. The molecule has 1 saturated carbocycles. The van der Waals surface area contributed by atoms with Gasteiger partial charge in [-0.15, -0.1) is 0 Å². The molecule has 1 atom stereocenters. The van der Waals surface area contributed by atoms with Gasteiger partial charge in [-0.3, -0.25) is 25.0 Å². The van der Waals surface area contributed by atoms with E-state index in [1.54, 1.807) is 35.9 Å². The smallest absolute Gasteiger partial charge is 0.321 e. The summed E-state index contributed by atoms with van der Waals surface area (Å²) in [7, 11) is 0. The van der Waals surface area contributed by atoms with E-state index in [2.05, 4.69) is 16.1 Å². The van der Waals surface area contributed by atoms with E-state index in [4.69, 9.17) is 4.74 Å². The van der Waals surface area contributed by atoms with E-state index >= 15 is 0 Å². The van der Waals surface area contributed by atoms with E-state index in [-0.39, 0.29) is 11.9 Å². The standard InChI is InChI=1S/C22H28N4O4/c1-14-8-9-15(2)26(14)25-21(28)17-10-12-19(13-11-17)30-16(3)20(27)24-22(29)23-18-6-4-5-7-18/h8-13,16,18H,4-7H2,1-3H3,(H,25,28)(H2,23,24,27,29)/t16-/m0/s1. The lowest BCUT2D eigenvalue weighted by Crippen LogP contribution is -2.47. The van der Waals surface area contributed by atoms with Crippen LogP contribution >= 0.6 is 0 Å². The van der Waals surface area contributed by atoms with Gasteiger partial charge < -0.3 is 10.1 Å². The summed E-state index contributed by atoms with van der Waals surface area (Å²) in [5, 5.41) is 5.11. The van der Waals surface area contributed by atoms with E-state index < -0.39 is 18.0 Å². The molecule has 1 aromatic carbocycles. The molecule has 0 spiro atoms. The van der Waals surface area contributed by atoms with Gasteiger partial charge in [0.1, 0.15) is 5.75 Å². The molecule has 8 nitrogen and oxygen atoms in total. The summed E-state index contributed by atoms with van der Waals surface area (Å²) in [5.41, 5.74) is 5.15. The summed E-state index contributed by atoms with van der Waals surface area (Å²) in [5.74, 6) is -0.345. The molecule has 0 bridgehead atoms. The molecule has 1 aromatic heterocycles. The maximum Gasteiger partial charge on any atom is 0.321 e. The van der Waals surface area contributed by atoms with Crippen LogP contribution in [0.4, 0.5) is 4.79 Å². The molecule has 1 aliphatic rings. The number of aryl methyl sites for hydroxylation is 2. The normalized spacial score (nSPS) is 14.8. The number of urea groups is 1. The maximum absolute atomic E-state index is 12.4. The number of carbonyl (C=O) groups excluding carboxylic acids is 3. The molecular formula is C22H28N4O4. The molecule has 0 radical (unpaired) electrons. The Morgan fingerprint density at radius 2 is 1.60 bits per heavy atom. The molecule has 2 aromatic rings. The Labute approximate surface area is 175 Å². The zero-order valence-electron chi connectivity index (χ0n) is 17.5. The first-order valence-electron chi connectivity index (χ1n) is 10.2. The Morgan fingerprint density at radius 1 is 1.00 bits per heavy atom.